The van der Waals surface area contributed by atoms with Gasteiger partial charge in [-0.05, 0) is 48.9 Å². The average Bonchev–Trinajstić information content (AvgIpc) is 2.96. The average molecular weight is 369 g/mol. The number of hydrogen-bond acceptors (Lipinski definition) is 4. The zero-order chi connectivity index (χ0) is 19.0. The van der Waals surface area contributed by atoms with E-state index in [-0.39, 0.29) is 54.6 Å². The second kappa shape index (κ2) is 7.06. The maximum atomic E-state index is 12.7. The summed E-state index contributed by atoms with van der Waals surface area (Å²) in [4.78, 5) is 38.7. The molecule has 1 saturated carbocycles. The molecule has 2 fully saturated rings. The van der Waals surface area contributed by atoms with Crippen molar-refractivity contribution in [2.45, 2.75) is 12.8 Å². The molecule has 4 aliphatic rings. The fourth-order valence-corrected chi connectivity index (χ4v) is 4.49. The predicted octanol–water partition coefficient (Wildman–Crippen LogP) is 2.01. The Balaban J connectivity index is 1.29. The Labute approximate surface area is 157 Å². The first-order valence-electron chi connectivity index (χ1n) is 9.31. The molecule has 5 rings (SSSR count). The fraction of sp³-hybridized carbons (Fsp3) is 0.450. The van der Waals surface area contributed by atoms with Gasteiger partial charge in [0.2, 0.25) is 11.8 Å². The van der Waals surface area contributed by atoms with Crippen LogP contribution in [0.3, 0.4) is 0 Å². The van der Waals surface area contributed by atoms with Crippen molar-refractivity contribution in [3.05, 3.63) is 36.4 Å². The number of fused-ring (bicyclic) bond motifs is 1. The van der Waals surface area contributed by atoms with E-state index >= 15 is 0 Å². The van der Waals surface area contributed by atoms with Crippen LogP contribution in [0.1, 0.15) is 12.8 Å². The van der Waals surface area contributed by atoms with Crippen molar-refractivity contribution in [3.63, 3.8) is 0 Å². The largest absolute Gasteiger partial charge is 0.497 e. The second-order valence-electron chi connectivity index (χ2n) is 7.28. The van der Waals surface area contributed by atoms with Gasteiger partial charge in [-0.15, -0.1) is 0 Å². The number of anilines is 1. The van der Waals surface area contributed by atoms with Gasteiger partial charge in [-0.2, -0.15) is 0 Å². The molecule has 0 spiro atoms. The van der Waals surface area contributed by atoms with Crippen molar-refractivity contribution in [2.24, 2.45) is 23.7 Å². The number of benzene rings is 1. The van der Waals surface area contributed by atoms with Crippen LogP contribution in [0.5, 0.6) is 5.75 Å². The molecule has 0 unspecified atom stereocenters. The maximum absolute atomic E-state index is 12.7. The van der Waals surface area contributed by atoms with Gasteiger partial charge >= 0.3 is 6.03 Å². The van der Waals surface area contributed by atoms with E-state index < -0.39 is 0 Å². The van der Waals surface area contributed by atoms with E-state index in [1.807, 2.05) is 0 Å². The zero-order valence-corrected chi connectivity index (χ0v) is 15.2. The molecule has 4 atom stereocenters. The van der Waals surface area contributed by atoms with E-state index in [0.29, 0.717) is 11.4 Å². The Morgan fingerprint density at radius 1 is 1.07 bits per heavy atom. The number of carbonyl (C=O) groups excluding carboxylic acids is 3. The minimum absolute atomic E-state index is 0.0820. The molecule has 1 saturated heterocycles. The smallest absolute Gasteiger partial charge is 0.319 e. The maximum Gasteiger partial charge on any atom is 0.319 e. The number of likely N-dealkylation sites (tertiary alicyclic amines) is 1. The summed E-state index contributed by atoms with van der Waals surface area (Å²) in [6.45, 7) is 0.432. The lowest BCUT2D eigenvalue weighted by molar-refractivity contribution is -0.140. The van der Waals surface area contributed by atoms with E-state index in [0.717, 1.165) is 12.8 Å². The van der Waals surface area contributed by atoms with E-state index in [4.69, 9.17) is 4.74 Å². The van der Waals surface area contributed by atoms with Gasteiger partial charge in [0.15, 0.2) is 0 Å². The topological polar surface area (TPSA) is 87.7 Å². The molecule has 2 N–H and O–H groups in total. The summed E-state index contributed by atoms with van der Waals surface area (Å²) in [6.07, 6.45) is 6.17. The first kappa shape index (κ1) is 17.6. The molecule has 142 valence electrons. The molecule has 27 heavy (non-hydrogen) atoms. The highest BCUT2D eigenvalue weighted by molar-refractivity contribution is 6.06. The summed E-state index contributed by atoms with van der Waals surface area (Å²) in [6, 6.07) is 6.60. The molecule has 1 aromatic rings. The highest BCUT2D eigenvalue weighted by Crippen LogP contribution is 2.49. The molecule has 1 heterocycles. The molecule has 3 aliphatic carbocycles. The lowest BCUT2D eigenvalue weighted by atomic mass is 9.63. The van der Waals surface area contributed by atoms with E-state index in [2.05, 4.69) is 22.8 Å². The van der Waals surface area contributed by atoms with Crippen molar-refractivity contribution < 1.29 is 19.1 Å². The van der Waals surface area contributed by atoms with Gasteiger partial charge in [0.05, 0.1) is 18.9 Å². The van der Waals surface area contributed by atoms with Crippen molar-refractivity contribution in [3.8, 4) is 5.75 Å². The van der Waals surface area contributed by atoms with Gasteiger partial charge in [0.25, 0.3) is 0 Å². The molecular formula is C20H23N3O4. The summed E-state index contributed by atoms with van der Waals surface area (Å²) in [5.74, 6) is 0.518. The molecule has 2 bridgehead atoms. The highest BCUT2D eigenvalue weighted by atomic mass is 16.5. The van der Waals surface area contributed by atoms with Crippen molar-refractivity contribution in [1.29, 1.82) is 0 Å². The van der Waals surface area contributed by atoms with Crippen LogP contribution in [-0.2, 0) is 9.59 Å². The van der Waals surface area contributed by atoms with Crippen LogP contribution in [0, 0.1) is 23.7 Å². The number of imide groups is 1. The monoisotopic (exact) mass is 369 g/mol. The highest BCUT2D eigenvalue weighted by Gasteiger charge is 2.56. The third kappa shape index (κ3) is 3.18. The predicted molar refractivity (Wildman–Crippen MR) is 99.1 cm³/mol. The third-order valence-corrected chi connectivity index (χ3v) is 5.82. The molecule has 4 amide bonds. The van der Waals surface area contributed by atoms with Crippen LogP contribution in [0.25, 0.3) is 0 Å². The molecular weight excluding hydrogens is 346 g/mol. The fourth-order valence-electron chi connectivity index (χ4n) is 4.49. The number of urea groups is 1. The number of nitrogens with one attached hydrogen (secondary N) is 2. The number of methoxy groups -OCH3 is 1. The van der Waals surface area contributed by atoms with Crippen LogP contribution in [-0.4, -0.2) is 42.9 Å². The Morgan fingerprint density at radius 3 is 2.19 bits per heavy atom. The van der Waals surface area contributed by atoms with Gasteiger partial charge in [0.1, 0.15) is 5.75 Å². The van der Waals surface area contributed by atoms with Gasteiger partial charge in [-0.3, -0.25) is 14.5 Å². The number of ether oxygens (including phenoxy) is 1. The second-order valence-corrected chi connectivity index (χ2v) is 7.28. The Kier molecular flexibility index (Phi) is 4.59. The number of nitrogens with zero attached hydrogens (tertiary/aromatic N) is 1. The van der Waals surface area contributed by atoms with Crippen LogP contribution >= 0.6 is 0 Å². The lowest BCUT2D eigenvalue weighted by Gasteiger charge is -2.38. The van der Waals surface area contributed by atoms with E-state index in [9.17, 15) is 14.4 Å². The van der Waals surface area contributed by atoms with Crippen LogP contribution < -0.4 is 15.4 Å². The molecule has 0 aromatic heterocycles. The molecule has 7 heteroatoms. The van der Waals surface area contributed by atoms with Gasteiger partial charge in [-0.25, -0.2) is 4.79 Å². The summed E-state index contributed by atoms with van der Waals surface area (Å²) >= 11 is 0. The zero-order valence-electron chi connectivity index (χ0n) is 15.2. The number of carbonyl (C=O) groups is 3. The normalized spacial score (nSPS) is 28.3. The summed E-state index contributed by atoms with van der Waals surface area (Å²) < 4.78 is 5.07. The summed E-state index contributed by atoms with van der Waals surface area (Å²) in [7, 11) is 1.58. The quantitative estimate of drug-likeness (QED) is 0.614. The van der Waals surface area contributed by atoms with Gasteiger partial charge in [0, 0.05) is 18.8 Å². The van der Waals surface area contributed by atoms with Crippen LogP contribution in [0.4, 0.5) is 10.5 Å². The summed E-state index contributed by atoms with van der Waals surface area (Å²) in [5.41, 5.74) is 0.635. The Bertz CT molecular complexity index is 757. The van der Waals surface area contributed by atoms with Crippen LogP contribution in [0.15, 0.2) is 36.4 Å². The molecule has 0 radical (unpaired) electrons. The number of rotatable bonds is 5. The lowest BCUT2D eigenvalue weighted by Crippen LogP contribution is -2.40. The minimum Gasteiger partial charge on any atom is -0.497 e. The number of amides is 4. The van der Waals surface area contributed by atoms with E-state index in [1.54, 1.807) is 31.4 Å². The molecule has 1 aliphatic heterocycles. The first-order chi connectivity index (χ1) is 13.1. The van der Waals surface area contributed by atoms with Crippen molar-refractivity contribution in [1.82, 2.24) is 10.2 Å². The van der Waals surface area contributed by atoms with Gasteiger partial charge < -0.3 is 15.4 Å². The first-order valence-corrected chi connectivity index (χ1v) is 9.31. The number of hydrogen-bond donors (Lipinski definition) is 2. The standard InChI is InChI=1S/C20H23N3O4/c1-27-15-8-6-14(7-9-15)22-20(26)21-10-11-23-18(24)16-12-2-3-13(5-4-12)17(16)19(23)25/h2-3,6-9,12-13,16-17H,4-5,10-11H2,1H3,(H2,21,22,26)/t12-,13-,16-,17+/m0/s1. The Morgan fingerprint density at radius 2 is 1.67 bits per heavy atom. The molecule has 1 aromatic carbocycles. The Hall–Kier alpha value is -2.83. The van der Waals surface area contributed by atoms with Crippen molar-refractivity contribution >= 4 is 23.5 Å². The van der Waals surface area contributed by atoms with Gasteiger partial charge in [-0.1, -0.05) is 12.2 Å². The minimum atomic E-state index is -0.376. The SMILES string of the molecule is COc1ccc(NC(=O)NCCN2C(=O)[C@@H]3[C@H](C2=O)[C@H]2C=C[C@H]3CC2)cc1. The van der Waals surface area contributed by atoms with Crippen LogP contribution in [0.2, 0.25) is 0 Å². The summed E-state index contributed by atoms with van der Waals surface area (Å²) in [5, 5.41) is 5.42. The molecule has 7 nitrogen and oxygen atoms in total. The van der Waals surface area contributed by atoms with E-state index in [1.165, 1.54) is 4.90 Å². The third-order valence-electron chi connectivity index (χ3n) is 5.82. The number of allylic oxidation sites excluding steroid dienone is 2. The van der Waals surface area contributed by atoms with Crippen molar-refractivity contribution in [2.75, 3.05) is 25.5 Å².